The Labute approximate surface area is 170 Å². The van der Waals surface area contributed by atoms with Crippen molar-refractivity contribution >= 4 is 22.5 Å². The van der Waals surface area contributed by atoms with E-state index in [4.69, 9.17) is 0 Å². The zero-order chi connectivity index (χ0) is 19.9. The fraction of sp³-hybridized carbons (Fsp3) is 0.125. The van der Waals surface area contributed by atoms with Gasteiger partial charge in [0, 0.05) is 30.9 Å². The molecule has 0 aliphatic rings. The highest BCUT2D eigenvalue weighted by molar-refractivity contribution is 6.00. The molecule has 0 atom stereocenters. The number of para-hydroxylation sites is 1. The second-order valence-corrected chi connectivity index (χ2v) is 6.88. The first-order valence-corrected chi connectivity index (χ1v) is 9.58. The van der Waals surface area contributed by atoms with Crippen LogP contribution in [-0.4, -0.2) is 27.3 Å². The maximum Gasteiger partial charge on any atom is 0.238 e. The Bertz CT molecular complexity index is 1040. The van der Waals surface area contributed by atoms with Crippen LogP contribution in [0.2, 0.25) is 0 Å². The molecular weight excluding hydrogens is 360 g/mol. The largest absolute Gasteiger partial charge is 0.323 e. The molecule has 0 bridgehead atoms. The number of aromatic nitrogens is 2. The average molecular weight is 382 g/mol. The van der Waals surface area contributed by atoms with Gasteiger partial charge in [0.2, 0.25) is 5.91 Å². The molecule has 0 radical (unpaired) electrons. The number of pyridine rings is 2. The minimum absolute atomic E-state index is 0.0741. The van der Waals surface area contributed by atoms with Gasteiger partial charge in [-0.3, -0.25) is 19.7 Å². The van der Waals surface area contributed by atoms with E-state index in [0.717, 1.165) is 27.8 Å². The topological polar surface area (TPSA) is 58.1 Å². The smallest absolute Gasteiger partial charge is 0.238 e. The lowest BCUT2D eigenvalue weighted by molar-refractivity contribution is -0.117. The standard InChI is InChI=1S/C24H22N4O/c29-23(27-22-13-6-10-20-11-7-15-26-24(20)22)18-28(16-19-8-2-1-3-9-19)17-21-12-4-5-14-25-21/h1-15H,16-18H2,(H,27,29). The SMILES string of the molecule is O=C(CN(Cc1ccccc1)Cc1ccccn1)Nc1cccc2cccnc12. The highest BCUT2D eigenvalue weighted by Gasteiger charge is 2.14. The van der Waals surface area contributed by atoms with Gasteiger partial charge in [-0.25, -0.2) is 0 Å². The van der Waals surface area contributed by atoms with E-state index < -0.39 is 0 Å². The molecule has 144 valence electrons. The van der Waals surface area contributed by atoms with Crippen molar-refractivity contribution < 1.29 is 4.79 Å². The molecule has 2 aromatic carbocycles. The monoisotopic (exact) mass is 382 g/mol. The van der Waals surface area contributed by atoms with E-state index in [1.54, 1.807) is 12.4 Å². The second-order valence-electron chi connectivity index (χ2n) is 6.88. The predicted octanol–water partition coefficient (Wildman–Crippen LogP) is 4.27. The van der Waals surface area contributed by atoms with Crippen LogP contribution >= 0.6 is 0 Å². The van der Waals surface area contributed by atoms with E-state index in [0.29, 0.717) is 13.1 Å². The Kier molecular flexibility index (Phi) is 5.88. The molecule has 4 rings (SSSR count). The summed E-state index contributed by atoms with van der Waals surface area (Å²) < 4.78 is 0. The summed E-state index contributed by atoms with van der Waals surface area (Å²) in [5, 5.41) is 4.02. The summed E-state index contributed by atoms with van der Waals surface area (Å²) in [6.07, 6.45) is 3.51. The van der Waals surface area contributed by atoms with E-state index in [-0.39, 0.29) is 12.5 Å². The summed E-state index contributed by atoms with van der Waals surface area (Å²) in [5.74, 6) is -0.0741. The Morgan fingerprint density at radius 1 is 0.793 bits per heavy atom. The molecule has 0 unspecified atom stereocenters. The van der Waals surface area contributed by atoms with E-state index in [1.165, 1.54) is 0 Å². The van der Waals surface area contributed by atoms with Crippen molar-refractivity contribution in [1.29, 1.82) is 0 Å². The third-order valence-electron chi connectivity index (χ3n) is 4.63. The van der Waals surface area contributed by atoms with Crippen molar-refractivity contribution in [2.75, 3.05) is 11.9 Å². The molecule has 5 nitrogen and oxygen atoms in total. The van der Waals surface area contributed by atoms with E-state index >= 15 is 0 Å². The van der Waals surface area contributed by atoms with Gasteiger partial charge in [-0.15, -0.1) is 0 Å². The number of rotatable bonds is 7. The molecular formula is C24H22N4O. The Balaban J connectivity index is 1.50. The Morgan fingerprint density at radius 3 is 2.41 bits per heavy atom. The number of fused-ring (bicyclic) bond motifs is 1. The van der Waals surface area contributed by atoms with Crippen LogP contribution in [0.4, 0.5) is 5.69 Å². The molecule has 4 aromatic rings. The van der Waals surface area contributed by atoms with Crippen molar-refractivity contribution in [3.63, 3.8) is 0 Å². The van der Waals surface area contributed by atoms with Gasteiger partial charge in [-0.2, -0.15) is 0 Å². The highest BCUT2D eigenvalue weighted by atomic mass is 16.2. The van der Waals surface area contributed by atoms with Crippen LogP contribution in [0.15, 0.2) is 91.3 Å². The molecule has 5 heteroatoms. The minimum Gasteiger partial charge on any atom is -0.323 e. The van der Waals surface area contributed by atoms with Crippen LogP contribution in [-0.2, 0) is 17.9 Å². The maximum atomic E-state index is 12.8. The van der Waals surface area contributed by atoms with Crippen LogP contribution in [0.25, 0.3) is 10.9 Å². The summed E-state index contributed by atoms with van der Waals surface area (Å²) in [5.41, 5.74) is 3.61. The first-order valence-electron chi connectivity index (χ1n) is 9.58. The van der Waals surface area contributed by atoms with Gasteiger partial charge in [0.1, 0.15) is 0 Å². The molecule has 2 aromatic heterocycles. The second kappa shape index (κ2) is 9.08. The number of amides is 1. The van der Waals surface area contributed by atoms with Crippen LogP contribution < -0.4 is 5.32 Å². The summed E-state index contributed by atoms with van der Waals surface area (Å²) in [6.45, 7) is 1.52. The van der Waals surface area contributed by atoms with E-state index in [1.807, 2.05) is 66.7 Å². The lowest BCUT2D eigenvalue weighted by Crippen LogP contribution is -2.32. The average Bonchev–Trinajstić information content (AvgIpc) is 2.75. The zero-order valence-corrected chi connectivity index (χ0v) is 16.0. The minimum atomic E-state index is -0.0741. The van der Waals surface area contributed by atoms with Gasteiger partial charge in [-0.05, 0) is 29.8 Å². The molecule has 29 heavy (non-hydrogen) atoms. The Hall–Kier alpha value is -3.57. The van der Waals surface area contributed by atoms with Gasteiger partial charge < -0.3 is 5.32 Å². The number of nitrogens with one attached hydrogen (secondary N) is 1. The van der Waals surface area contributed by atoms with Gasteiger partial charge in [-0.1, -0.05) is 54.6 Å². The van der Waals surface area contributed by atoms with Crippen LogP contribution in [0.3, 0.4) is 0 Å². The first-order chi connectivity index (χ1) is 14.3. The van der Waals surface area contributed by atoms with Gasteiger partial charge in [0.15, 0.2) is 0 Å². The summed E-state index contributed by atoms with van der Waals surface area (Å²) in [7, 11) is 0. The lowest BCUT2D eigenvalue weighted by Gasteiger charge is -2.22. The summed E-state index contributed by atoms with van der Waals surface area (Å²) >= 11 is 0. The Morgan fingerprint density at radius 2 is 1.59 bits per heavy atom. The van der Waals surface area contributed by atoms with Crippen molar-refractivity contribution in [1.82, 2.24) is 14.9 Å². The van der Waals surface area contributed by atoms with Crippen molar-refractivity contribution in [3.05, 3.63) is 103 Å². The third kappa shape index (κ3) is 5.03. The number of benzene rings is 2. The molecule has 2 heterocycles. The van der Waals surface area contributed by atoms with E-state index in [9.17, 15) is 4.79 Å². The molecule has 0 aliphatic carbocycles. The maximum absolute atomic E-state index is 12.8. The van der Waals surface area contributed by atoms with E-state index in [2.05, 4.69) is 32.3 Å². The fourth-order valence-corrected chi connectivity index (χ4v) is 3.33. The normalized spacial score (nSPS) is 10.9. The predicted molar refractivity (Wildman–Crippen MR) is 115 cm³/mol. The molecule has 0 saturated carbocycles. The zero-order valence-electron chi connectivity index (χ0n) is 16.0. The number of hydrogen-bond acceptors (Lipinski definition) is 4. The number of anilines is 1. The van der Waals surface area contributed by atoms with Crippen molar-refractivity contribution in [2.45, 2.75) is 13.1 Å². The van der Waals surface area contributed by atoms with Crippen LogP contribution in [0.5, 0.6) is 0 Å². The van der Waals surface area contributed by atoms with Crippen molar-refractivity contribution in [3.8, 4) is 0 Å². The summed E-state index contributed by atoms with van der Waals surface area (Å²) in [6, 6.07) is 25.7. The first kappa shape index (κ1) is 18.8. The van der Waals surface area contributed by atoms with Gasteiger partial charge in [0.25, 0.3) is 0 Å². The molecule has 1 amide bonds. The molecule has 1 N–H and O–H groups in total. The quantitative estimate of drug-likeness (QED) is 0.519. The molecule has 0 spiro atoms. The van der Waals surface area contributed by atoms with Gasteiger partial charge >= 0.3 is 0 Å². The van der Waals surface area contributed by atoms with Gasteiger partial charge in [0.05, 0.1) is 23.4 Å². The summed E-state index contributed by atoms with van der Waals surface area (Å²) in [4.78, 5) is 23.8. The van der Waals surface area contributed by atoms with Crippen LogP contribution in [0, 0.1) is 0 Å². The molecule has 0 fully saturated rings. The lowest BCUT2D eigenvalue weighted by atomic mass is 10.2. The van der Waals surface area contributed by atoms with Crippen molar-refractivity contribution in [2.24, 2.45) is 0 Å². The fourth-order valence-electron chi connectivity index (χ4n) is 3.33. The number of carbonyl (C=O) groups is 1. The number of hydrogen-bond donors (Lipinski definition) is 1. The third-order valence-corrected chi connectivity index (χ3v) is 4.63. The molecule has 0 saturated heterocycles. The number of nitrogens with zero attached hydrogens (tertiary/aromatic N) is 3. The van der Waals surface area contributed by atoms with Crippen LogP contribution in [0.1, 0.15) is 11.3 Å². The highest BCUT2D eigenvalue weighted by Crippen LogP contribution is 2.20. The molecule has 0 aliphatic heterocycles. The number of carbonyl (C=O) groups excluding carboxylic acids is 1.